The first-order chi connectivity index (χ1) is 11.3. The lowest BCUT2D eigenvalue weighted by atomic mass is 10.1. The van der Waals surface area contributed by atoms with E-state index in [1.54, 1.807) is 0 Å². The fraction of sp³-hybridized carbons (Fsp3) is 0.222. The molecule has 0 unspecified atom stereocenters. The number of halogens is 2. The maximum absolute atomic E-state index is 6.41. The van der Waals surface area contributed by atoms with Crippen molar-refractivity contribution in [3.63, 3.8) is 0 Å². The molecule has 0 atom stereocenters. The first kappa shape index (κ1) is 17.0. The van der Waals surface area contributed by atoms with Crippen LogP contribution in [-0.4, -0.2) is 36.1 Å². The van der Waals surface area contributed by atoms with E-state index in [1.807, 2.05) is 42.5 Å². The number of nitrogens with zero attached hydrogens (tertiary/aromatic N) is 3. The van der Waals surface area contributed by atoms with Gasteiger partial charge in [-0.3, -0.25) is 0 Å². The molecule has 1 aromatic heterocycles. The van der Waals surface area contributed by atoms with Crippen LogP contribution < -0.4 is 10.2 Å². The Labute approximate surface area is 152 Å². The predicted molar refractivity (Wildman–Crippen MR) is 102 cm³/mol. The summed E-state index contributed by atoms with van der Waals surface area (Å²) in [4.78, 5) is 11.8. The van der Waals surface area contributed by atoms with Gasteiger partial charge < -0.3 is 10.2 Å². The number of fused-ring (bicyclic) bond motifs is 1. The van der Waals surface area contributed by atoms with Crippen molar-refractivity contribution in [2.75, 3.05) is 31.1 Å². The van der Waals surface area contributed by atoms with E-state index >= 15 is 0 Å². The second kappa shape index (κ2) is 7.34. The van der Waals surface area contributed by atoms with E-state index in [1.165, 1.54) is 0 Å². The molecule has 0 radical (unpaired) electrons. The molecule has 1 aliphatic heterocycles. The van der Waals surface area contributed by atoms with Crippen LogP contribution in [0.3, 0.4) is 0 Å². The van der Waals surface area contributed by atoms with Gasteiger partial charge in [0, 0.05) is 42.2 Å². The van der Waals surface area contributed by atoms with Crippen molar-refractivity contribution in [2.45, 2.75) is 0 Å². The molecule has 4 rings (SSSR count). The van der Waals surface area contributed by atoms with Gasteiger partial charge in [0.1, 0.15) is 0 Å². The summed E-state index contributed by atoms with van der Waals surface area (Å²) in [6, 6.07) is 15.9. The van der Waals surface area contributed by atoms with E-state index in [2.05, 4.69) is 16.3 Å². The highest BCUT2D eigenvalue weighted by Crippen LogP contribution is 2.32. The molecular formula is C18H18Cl2N4. The number of rotatable bonds is 2. The fourth-order valence-corrected chi connectivity index (χ4v) is 3.15. The second-order valence-electron chi connectivity index (χ2n) is 5.61. The molecule has 0 saturated carbocycles. The molecule has 0 amide bonds. The molecule has 1 saturated heterocycles. The van der Waals surface area contributed by atoms with Crippen LogP contribution in [0.2, 0.25) is 5.02 Å². The number of anilines is 1. The Balaban J connectivity index is 0.00000169. The highest BCUT2D eigenvalue weighted by atomic mass is 35.5. The first-order valence-corrected chi connectivity index (χ1v) is 8.18. The summed E-state index contributed by atoms with van der Waals surface area (Å²) in [5.74, 6) is 0.778. The van der Waals surface area contributed by atoms with Crippen molar-refractivity contribution in [3.8, 4) is 11.3 Å². The SMILES string of the molecule is Cl.Clc1ccccc1-c1nc(N2CCNCC2)nc2ccccc12. The van der Waals surface area contributed by atoms with Crippen LogP contribution in [0.4, 0.5) is 5.95 Å². The van der Waals surface area contributed by atoms with E-state index < -0.39 is 0 Å². The topological polar surface area (TPSA) is 41.1 Å². The minimum Gasteiger partial charge on any atom is -0.338 e. The number of nitrogens with one attached hydrogen (secondary N) is 1. The minimum atomic E-state index is 0. The summed E-state index contributed by atoms with van der Waals surface area (Å²) < 4.78 is 0. The molecule has 1 aliphatic rings. The van der Waals surface area contributed by atoms with Crippen molar-refractivity contribution in [3.05, 3.63) is 53.6 Å². The zero-order valence-corrected chi connectivity index (χ0v) is 14.6. The Kier molecular flexibility index (Phi) is 5.19. The molecule has 24 heavy (non-hydrogen) atoms. The van der Waals surface area contributed by atoms with E-state index in [9.17, 15) is 0 Å². The van der Waals surface area contributed by atoms with Gasteiger partial charge in [-0.05, 0) is 12.1 Å². The fourth-order valence-electron chi connectivity index (χ4n) is 2.93. The second-order valence-corrected chi connectivity index (χ2v) is 6.01. The Bertz CT molecular complexity index is 847. The van der Waals surface area contributed by atoms with Crippen LogP contribution >= 0.6 is 24.0 Å². The zero-order valence-electron chi connectivity index (χ0n) is 13.1. The Hall–Kier alpha value is -1.88. The smallest absolute Gasteiger partial charge is 0.226 e. The number of hydrogen-bond acceptors (Lipinski definition) is 4. The van der Waals surface area contributed by atoms with Crippen LogP contribution in [0.5, 0.6) is 0 Å². The molecule has 1 fully saturated rings. The maximum Gasteiger partial charge on any atom is 0.226 e. The number of hydrogen-bond donors (Lipinski definition) is 1. The summed E-state index contributed by atoms with van der Waals surface area (Å²) in [5.41, 5.74) is 2.80. The van der Waals surface area contributed by atoms with Crippen molar-refractivity contribution >= 4 is 40.9 Å². The molecule has 3 aromatic rings. The monoisotopic (exact) mass is 360 g/mol. The van der Waals surface area contributed by atoms with Crippen LogP contribution in [0, 0.1) is 0 Å². The summed E-state index contributed by atoms with van der Waals surface area (Å²) in [6.07, 6.45) is 0. The minimum absolute atomic E-state index is 0. The standard InChI is InChI=1S/C18H17ClN4.ClH/c19-15-7-3-1-5-13(15)17-14-6-2-4-8-16(14)21-18(22-17)23-11-9-20-10-12-23;/h1-8,20H,9-12H2;1H. The van der Waals surface area contributed by atoms with Gasteiger partial charge in [0.05, 0.1) is 11.2 Å². The van der Waals surface area contributed by atoms with E-state index in [0.29, 0.717) is 5.02 Å². The summed E-state index contributed by atoms with van der Waals surface area (Å²) in [7, 11) is 0. The van der Waals surface area contributed by atoms with Crippen molar-refractivity contribution in [2.24, 2.45) is 0 Å². The van der Waals surface area contributed by atoms with Gasteiger partial charge in [-0.25, -0.2) is 9.97 Å². The summed E-state index contributed by atoms with van der Waals surface area (Å²) in [6.45, 7) is 3.75. The van der Waals surface area contributed by atoms with Gasteiger partial charge in [-0.1, -0.05) is 48.0 Å². The number of benzene rings is 2. The molecule has 0 bridgehead atoms. The highest BCUT2D eigenvalue weighted by Gasteiger charge is 2.17. The van der Waals surface area contributed by atoms with Gasteiger partial charge in [0.2, 0.25) is 5.95 Å². The van der Waals surface area contributed by atoms with Gasteiger partial charge in [0.15, 0.2) is 0 Å². The summed E-state index contributed by atoms with van der Waals surface area (Å²) >= 11 is 6.41. The Morgan fingerprint density at radius 1 is 0.917 bits per heavy atom. The quantitative estimate of drug-likeness (QED) is 0.754. The third-order valence-corrected chi connectivity index (χ3v) is 4.45. The van der Waals surface area contributed by atoms with Gasteiger partial charge in [0.25, 0.3) is 0 Å². The van der Waals surface area contributed by atoms with Crippen molar-refractivity contribution in [1.82, 2.24) is 15.3 Å². The zero-order chi connectivity index (χ0) is 15.6. The molecule has 1 N–H and O–H groups in total. The van der Waals surface area contributed by atoms with E-state index in [-0.39, 0.29) is 12.4 Å². The number of para-hydroxylation sites is 1. The molecule has 4 nitrogen and oxygen atoms in total. The van der Waals surface area contributed by atoms with Crippen LogP contribution in [-0.2, 0) is 0 Å². The molecule has 6 heteroatoms. The molecule has 2 aromatic carbocycles. The van der Waals surface area contributed by atoms with Gasteiger partial charge in [-0.15, -0.1) is 12.4 Å². The van der Waals surface area contributed by atoms with E-state index in [4.69, 9.17) is 21.6 Å². The Morgan fingerprint density at radius 3 is 2.42 bits per heavy atom. The lowest BCUT2D eigenvalue weighted by Gasteiger charge is -2.28. The maximum atomic E-state index is 6.41. The average molecular weight is 361 g/mol. The van der Waals surface area contributed by atoms with Crippen molar-refractivity contribution < 1.29 is 0 Å². The van der Waals surface area contributed by atoms with Crippen molar-refractivity contribution in [1.29, 1.82) is 0 Å². The third kappa shape index (κ3) is 3.18. The van der Waals surface area contributed by atoms with Crippen LogP contribution in [0.1, 0.15) is 0 Å². The van der Waals surface area contributed by atoms with Crippen LogP contribution in [0.25, 0.3) is 22.2 Å². The van der Waals surface area contributed by atoms with E-state index in [0.717, 1.165) is 54.3 Å². The average Bonchev–Trinajstić information content (AvgIpc) is 2.62. The van der Waals surface area contributed by atoms with Gasteiger partial charge in [-0.2, -0.15) is 0 Å². The normalized spacial score (nSPS) is 14.5. The summed E-state index contributed by atoms with van der Waals surface area (Å²) in [5, 5.41) is 5.10. The molecule has 2 heterocycles. The predicted octanol–water partition coefficient (Wildman–Crippen LogP) is 3.78. The lowest BCUT2D eigenvalue weighted by Crippen LogP contribution is -2.44. The lowest BCUT2D eigenvalue weighted by molar-refractivity contribution is 0.581. The van der Waals surface area contributed by atoms with Crippen LogP contribution in [0.15, 0.2) is 48.5 Å². The molecule has 124 valence electrons. The third-order valence-electron chi connectivity index (χ3n) is 4.12. The highest BCUT2D eigenvalue weighted by molar-refractivity contribution is 6.33. The molecule has 0 aliphatic carbocycles. The van der Waals surface area contributed by atoms with Gasteiger partial charge >= 0.3 is 0 Å². The first-order valence-electron chi connectivity index (χ1n) is 7.80. The number of aromatic nitrogens is 2. The molecule has 0 spiro atoms. The largest absolute Gasteiger partial charge is 0.338 e. The number of piperazine rings is 1. The Morgan fingerprint density at radius 2 is 1.62 bits per heavy atom. The molecular weight excluding hydrogens is 343 g/mol.